The minimum atomic E-state index is -0.826. The van der Waals surface area contributed by atoms with E-state index in [-0.39, 0.29) is 0 Å². The average Bonchev–Trinajstić information content (AvgIpc) is 2.89. The summed E-state index contributed by atoms with van der Waals surface area (Å²) in [6.07, 6.45) is 2.35. The van der Waals surface area contributed by atoms with Crippen molar-refractivity contribution in [3.05, 3.63) is 59.2 Å². The molecule has 0 aromatic rings. The molecule has 10 radical (unpaired) electrons. The third-order valence-corrected chi connectivity index (χ3v) is 5.89. The van der Waals surface area contributed by atoms with Crippen molar-refractivity contribution in [1.82, 2.24) is 0 Å². The second-order valence-corrected chi connectivity index (χ2v) is 10.5. The van der Waals surface area contributed by atoms with Crippen LogP contribution < -0.4 is 0 Å². The van der Waals surface area contributed by atoms with Gasteiger partial charge in [-0.15, -0.1) is 0 Å². The van der Waals surface area contributed by atoms with E-state index in [1.165, 1.54) is 60.2 Å². The van der Waals surface area contributed by atoms with Gasteiger partial charge >= 0.3 is 37.9 Å². The van der Waals surface area contributed by atoms with Gasteiger partial charge in [-0.1, -0.05) is 69.2 Å². The Kier molecular flexibility index (Phi) is 13.6. The van der Waals surface area contributed by atoms with Crippen LogP contribution in [0.4, 0.5) is 0 Å². The first-order valence-corrected chi connectivity index (χ1v) is 15.3. The summed E-state index contributed by atoms with van der Waals surface area (Å²) in [5.41, 5.74) is 0. The van der Waals surface area contributed by atoms with E-state index in [9.17, 15) is 0 Å². The van der Waals surface area contributed by atoms with E-state index in [4.69, 9.17) is 17.0 Å². The predicted octanol–water partition coefficient (Wildman–Crippen LogP) is 8.10. The summed E-state index contributed by atoms with van der Waals surface area (Å²) in [6, 6.07) is 0. The Balaban J connectivity index is 0.000000399. The van der Waals surface area contributed by atoms with Crippen molar-refractivity contribution in [3.8, 4) is 0 Å². The molecule has 2 saturated carbocycles. The van der Waals surface area contributed by atoms with Gasteiger partial charge in [0.2, 0.25) is 0 Å². The van der Waals surface area contributed by atoms with Crippen molar-refractivity contribution in [1.29, 1.82) is 0 Å². The Bertz CT molecular complexity index is 289. The molecular weight excluding hydrogens is 426 g/mol. The number of hydrogen-bond donors (Lipinski definition) is 0. The summed E-state index contributed by atoms with van der Waals surface area (Å²) in [7, 11) is 9.87. The van der Waals surface area contributed by atoms with Gasteiger partial charge in [-0.3, -0.25) is 0 Å². The zero-order valence-corrected chi connectivity index (χ0v) is 21.6. The average molecular weight is 461 g/mol. The predicted molar refractivity (Wildman–Crippen MR) is 110 cm³/mol. The van der Waals surface area contributed by atoms with Gasteiger partial charge in [0.05, 0.1) is 0 Å². The first kappa shape index (κ1) is 26.5. The SMILES string of the molecule is CC[C]1[C](C)[C](C)[C](C)[C]1C.CC[C]1[C](C)[C](C)[C](C)[C]1C.[Cl][Zr+2][Cl]. The van der Waals surface area contributed by atoms with Crippen LogP contribution >= 0.6 is 17.0 Å². The fraction of sp³-hybridized carbons (Fsp3) is 0.545. The van der Waals surface area contributed by atoms with Gasteiger partial charge in [0, 0.05) is 0 Å². The Hall–Kier alpha value is 1.46. The van der Waals surface area contributed by atoms with E-state index in [1.54, 1.807) is 11.8 Å². The molecule has 0 unspecified atom stereocenters. The van der Waals surface area contributed by atoms with Crippen LogP contribution in [0.3, 0.4) is 0 Å². The molecule has 2 aliphatic carbocycles. The zero-order valence-electron chi connectivity index (χ0n) is 17.7. The summed E-state index contributed by atoms with van der Waals surface area (Å²) >= 11 is -0.826. The summed E-state index contributed by atoms with van der Waals surface area (Å²) in [5.74, 6) is 15.1. The molecule has 3 heteroatoms. The van der Waals surface area contributed by atoms with E-state index < -0.39 is 20.8 Å². The molecule has 0 saturated heterocycles. The molecule has 2 rings (SSSR count). The summed E-state index contributed by atoms with van der Waals surface area (Å²) in [5, 5.41) is 0. The fourth-order valence-electron chi connectivity index (χ4n) is 3.65. The van der Waals surface area contributed by atoms with Crippen LogP contribution in [0.5, 0.6) is 0 Å². The summed E-state index contributed by atoms with van der Waals surface area (Å²) < 4.78 is 0. The fourth-order valence-corrected chi connectivity index (χ4v) is 3.65. The Morgan fingerprint density at radius 3 is 0.720 bits per heavy atom. The van der Waals surface area contributed by atoms with E-state index in [0.717, 1.165) is 0 Å². The van der Waals surface area contributed by atoms with Crippen LogP contribution in [0.25, 0.3) is 0 Å². The first-order valence-electron chi connectivity index (χ1n) is 9.00. The van der Waals surface area contributed by atoms with Gasteiger partial charge in [-0.25, -0.2) is 0 Å². The van der Waals surface area contributed by atoms with E-state index in [0.29, 0.717) is 0 Å². The zero-order chi connectivity index (χ0) is 19.9. The van der Waals surface area contributed by atoms with Gasteiger partial charge < -0.3 is 0 Å². The van der Waals surface area contributed by atoms with Gasteiger partial charge in [0.25, 0.3) is 0 Å². The Labute approximate surface area is 178 Å². The molecule has 138 valence electrons. The van der Waals surface area contributed by atoms with Crippen LogP contribution in [0.15, 0.2) is 0 Å². The van der Waals surface area contributed by atoms with Gasteiger partial charge in [0.1, 0.15) is 0 Å². The number of hydrogen-bond acceptors (Lipinski definition) is 0. The molecule has 0 nitrogen and oxygen atoms in total. The quantitative estimate of drug-likeness (QED) is 0.390. The molecule has 0 N–H and O–H groups in total. The third-order valence-electron chi connectivity index (χ3n) is 5.89. The summed E-state index contributed by atoms with van der Waals surface area (Å²) in [4.78, 5) is 0. The molecule has 25 heavy (non-hydrogen) atoms. The summed E-state index contributed by atoms with van der Waals surface area (Å²) in [6.45, 7) is 22.3. The first-order chi connectivity index (χ1) is 11.6. The standard InChI is InChI=1S/2C11H17.2ClH.Zr/c2*1-6-11-9(4)7(2)8(3)10(11)5;;;/h2*6H2,1-5H3;2*1H;/q;;;;+4/p-2. The molecule has 0 aromatic carbocycles. The maximum absolute atomic E-state index is 4.93. The molecule has 0 heterocycles. The third kappa shape index (κ3) is 6.78. The van der Waals surface area contributed by atoms with Crippen molar-refractivity contribution in [2.45, 2.75) is 82.1 Å². The number of rotatable bonds is 2. The molecule has 2 fully saturated rings. The molecule has 0 atom stereocenters. The van der Waals surface area contributed by atoms with E-state index in [1.807, 2.05) is 0 Å². The van der Waals surface area contributed by atoms with Crippen LogP contribution in [0.2, 0.25) is 0 Å². The molecule has 0 aromatic heterocycles. The second-order valence-electron chi connectivity index (χ2n) is 6.74. The van der Waals surface area contributed by atoms with Crippen LogP contribution in [-0.4, -0.2) is 0 Å². The van der Waals surface area contributed by atoms with Crippen molar-refractivity contribution in [2.75, 3.05) is 0 Å². The van der Waals surface area contributed by atoms with E-state index in [2.05, 4.69) is 69.2 Å². The van der Waals surface area contributed by atoms with Crippen molar-refractivity contribution in [2.24, 2.45) is 0 Å². The van der Waals surface area contributed by atoms with Crippen LogP contribution in [0.1, 0.15) is 82.1 Å². The van der Waals surface area contributed by atoms with Crippen LogP contribution in [-0.2, 0) is 20.8 Å². The van der Waals surface area contributed by atoms with Gasteiger partial charge in [-0.2, -0.15) is 0 Å². The Morgan fingerprint density at radius 2 is 0.640 bits per heavy atom. The maximum atomic E-state index is 4.93. The minimum absolute atomic E-state index is 0.826. The molecule has 2 aliphatic rings. The van der Waals surface area contributed by atoms with Crippen molar-refractivity contribution >= 4 is 17.0 Å². The molecular formula is C22H34Cl2Zr+2. The Morgan fingerprint density at radius 1 is 0.480 bits per heavy atom. The monoisotopic (exact) mass is 458 g/mol. The van der Waals surface area contributed by atoms with Crippen molar-refractivity contribution < 1.29 is 20.8 Å². The van der Waals surface area contributed by atoms with Crippen LogP contribution in [0, 0.1) is 59.2 Å². The number of halogens is 2. The molecule has 0 aliphatic heterocycles. The molecule has 0 bridgehead atoms. The van der Waals surface area contributed by atoms with Gasteiger partial charge in [-0.05, 0) is 72.0 Å². The molecule has 0 spiro atoms. The normalized spacial score (nSPS) is 24.2. The molecule has 0 amide bonds. The second kappa shape index (κ2) is 12.8. The van der Waals surface area contributed by atoms with E-state index >= 15 is 0 Å². The van der Waals surface area contributed by atoms with Gasteiger partial charge in [0.15, 0.2) is 0 Å². The van der Waals surface area contributed by atoms with Crippen molar-refractivity contribution in [3.63, 3.8) is 0 Å². The topological polar surface area (TPSA) is 0 Å².